The largest absolute Gasteiger partial charge is 0.489 e. The number of oxazole rings is 1. The van der Waals surface area contributed by atoms with Crippen molar-refractivity contribution in [1.82, 2.24) is 4.98 Å². The predicted molar refractivity (Wildman–Crippen MR) is 139 cm³/mol. The molecule has 172 valence electrons. The Morgan fingerprint density at radius 3 is 2.57 bits per heavy atom. The van der Waals surface area contributed by atoms with Crippen LogP contribution in [0.15, 0.2) is 108 Å². The van der Waals surface area contributed by atoms with Crippen molar-refractivity contribution in [3.63, 3.8) is 0 Å². The Labute approximate surface area is 207 Å². The number of benzene rings is 4. The molecule has 0 aliphatic carbocycles. The molecule has 1 aromatic heterocycles. The monoisotopic (exact) mass is 480 g/mol. The molecular formula is C29H21ClN2O3. The van der Waals surface area contributed by atoms with E-state index in [-0.39, 0.29) is 5.91 Å². The first-order valence-electron chi connectivity index (χ1n) is 11.0. The number of rotatable bonds is 7. The van der Waals surface area contributed by atoms with Crippen molar-refractivity contribution in [2.24, 2.45) is 0 Å². The standard InChI is InChI=1S/C29H21ClN2O3/c30-23-8-4-7-22(17-23)29-32-26-18-24(12-15-27(26)35-29)31-28(33)16-11-20-9-13-25(14-10-20)34-19-21-5-2-1-3-6-21/h1-18H,19H2,(H,31,33)/b16-11+. The number of carbonyl (C=O) groups excluding carboxylic acids is 1. The fourth-order valence-electron chi connectivity index (χ4n) is 3.52. The van der Waals surface area contributed by atoms with Crippen LogP contribution in [-0.4, -0.2) is 10.9 Å². The molecule has 0 spiro atoms. The maximum absolute atomic E-state index is 12.4. The molecular weight excluding hydrogens is 460 g/mol. The summed E-state index contributed by atoms with van der Waals surface area (Å²) in [5.74, 6) is 1.00. The fourth-order valence-corrected chi connectivity index (χ4v) is 3.71. The topological polar surface area (TPSA) is 64.4 Å². The Bertz CT molecular complexity index is 1490. The number of hydrogen-bond donors (Lipinski definition) is 1. The van der Waals surface area contributed by atoms with Gasteiger partial charge in [0.1, 0.15) is 17.9 Å². The van der Waals surface area contributed by atoms with Gasteiger partial charge >= 0.3 is 0 Å². The lowest BCUT2D eigenvalue weighted by Gasteiger charge is -2.06. The molecule has 5 nitrogen and oxygen atoms in total. The van der Waals surface area contributed by atoms with E-state index in [0.717, 1.165) is 22.4 Å². The third-order valence-electron chi connectivity index (χ3n) is 5.28. The molecule has 0 aliphatic heterocycles. The van der Waals surface area contributed by atoms with Crippen LogP contribution in [0.2, 0.25) is 5.02 Å². The highest BCUT2D eigenvalue weighted by Crippen LogP contribution is 2.27. The van der Waals surface area contributed by atoms with E-state index in [1.807, 2.05) is 66.7 Å². The van der Waals surface area contributed by atoms with Crippen LogP contribution in [0.5, 0.6) is 5.75 Å². The van der Waals surface area contributed by atoms with Gasteiger partial charge < -0.3 is 14.5 Å². The summed E-state index contributed by atoms with van der Waals surface area (Å²) in [5, 5.41) is 3.47. The molecule has 5 rings (SSSR count). The van der Waals surface area contributed by atoms with Crippen molar-refractivity contribution in [2.45, 2.75) is 6.61 Å². The number of nitrogens with one attached hydrogen (secondary N) is 1. The third kappa shape index (κ3) is 5.78. The van der Waals surface area contributed by atoms with Crippen molar-refractivity contribution in [3.8, 4) is 17.2 Å². The van der Waals surface area contributed by atoms with Crippen LogP contribution < -0.4 is 10.1 Å². The van der Waals surface area contributed by atoms with Gasteiger partial charge in [-0.25, -0.2) is 4.98 Å². The molecule has 0 atom stereocenters. The molecule has 6 heteroatoms. The van der Waals surface area contributed by atoms with Gasteiger partial charge in [0.2, 0.25) is 11.8 Å². The summed E-state index contributed by atoms with van der Waals surface area (Å²) >= 11 is 6.07. The van der Waals surface area contributed by atoms with Gasteiger partial charge in [-0.05, 0) is 65.7 Å². The first kappa shape index (κ1) is 22.4. The SMILES string of the molecule is O=C(/C=C/c1ccc(OCc2ccccc2)cc1)Nc1ccc2oc(-c3cccc(Cl)c3)nc2c1. The van der Waals surface area contributed by atoms with E-state index < -0.39 is 0 Å². The lowest BCUT2D eigenvalue weighted by molar-refractivity contribution is -0.111. The number of hydrogen-bond acceptors (Lipinski definition) is 4. The molecule has 5 aromatic rings. The second-order valence-electron chi connectivity index (χ2n) is 7.88. The quantitative estimate of drug-likeness (QED) is 0.247. The van der Waals surface area contributed by atoms with Gasteiger partial charge in [0, 0.05) is 22.3 Å². The molecule has 1 N–H and O–H groups in total. The highest BCUT2D eigenvalue weighted by molar-refractivity contribution is 6.30. The van der Waals surface area contributed by atoms with E-state index in [9.17, 15) is 4.79 Å². The zero-order chi connectivity index (χ0) is 24.0. The molecule has 0 radical (unpaired) electrons. The van der Waals surface area contributed by atoms with Gasteiger partial charge in [-0.3, -0.25) is 4.79 Å². The molecule has 0 saturated heterocycles. The Morgan fingerprint density at radius 2 is 1.77 bits per heavy atom. The van der Waals surface area contributed by atoms with E-state index in [4.69, 9.17) is 20.8 Å². The van der Waals surface area contributed by atoms with E-state index >= 15 is 0 Å². The molecule has 0 unspecified atom stereocenters. The molecule has 0 fully saturated rings. The summed E-state index contributed by atoms with van der Waals surface area (Å²) in [7, 11) is 0. The second kappa shape index (κ2) is 10.3. The minimum Gasteiger partial charge on any atom is -0.489 e. The Morgan fingerprint density at radius 1 is 0.943 bits per heavy atom. The molecule has 0 saturated carbocycles. The van der Waals surface area contributed by atoms with Crippen LogP contribution in [0, 0.1) is 0 Å². The third-order valence-corrected chi connectivity index (χ3v) is 5.52. The lowest BCUT2D eigenvalue weighted by Crippen LogP contribution is -2.07. The number of halogens is 1. The first-order valence-corrected chi connectivity index (χ1v) is 11.4. The van der Waals surface area contributed by atoms with Gasteiger partial charge in [-0.2, -0.15) is 0 Å². The number of ether oxygens (including phenoxy) is 1. The summed E-state index contributed by atoms with van der Waals surface area (Å²) < 4.78 is 11.6. The van der Waals surface area contributed by atoms with Crippen molar-refractivity contribution in [2.75, 3.05) is 5.32 Å². The minimum atomic E-state index is -0.243. The van der Waals surface area contributed by atoms with E-state index in [1.54, 1.807) is 36.4 Å². The molecule has 1 heterocycles. The smallest absolute Gasteiger partial charge is 0.248 e. The molecule has 0 aliphatic rings. The minimum absolute atomic E-state index is 0.243. The van der Waals surface area contributed by atoms with E-state index in [2.05, 4.69) is 10.3 Å². The number of carbonyl (C=O) groups is 1. The van der Waals surface area contributed by atoms with Crippen LogP contribution in [0.3, 0.4) is 0 Å². The summed E-state index contributed by atoms with van der Waals surface area (Å²) in [6.07, 6.45) is 3.24. The van der Waals surface area contributed by atoms with Gasteiger partial charge in [0.05, 0.1) is 0 Å². The highest BCUT2D eigenvalue weighted by atomic mass is 35.5. The number of aromatic nitrogens is 1. The van der Waals surface area contributed by atoms with Crippen LogP contribution in [0.25, 0.3) is 28.6 Å². The lowest BCUT2D eigenvalue weighted by atomic mass is 10.2. The first-order chi connectivity index (χ1) is 17.1. The summed E-state index contributed by atoms with van der Waals surface area (Å²) in [6, 6.07) is 30.2. The average molecular weight is 481 g/mol. The van der Waals surface area contributed by atoms with Gasteiger partial charge in [0.25, 0.3) is 0 Å². The molecule has 0 bridgehead atoms. The highest BCUT2D eigenvalue weighted by Gasteiger charge is 2.10. The molecule has 35 heavy (non-hydrogen) atoms. The zero-order valence-electron chi connectivity index (χ0n) is 18.6. The second-order valence-corrected chi connectivity index (χ2v) is 8.31. The summed E-state index contributed by atoms with van der Waals surface area (Å²) in [6.45, 7) is 0.509. The van der Waals surface area contributed by atoms with Gasteiger partial charge in [-0.1, -0.05) is 60.1 Å². The zero-order valence-corrected chi connectivity index (χ0v) is 19.4. The fraction of sp³-hybridized carbons (Fsp3) is 0.0345. The van der Waals surface area contributed by atoms with Crippen molar-refractivity contribution in [1.29, 1.82) is 0 Å². The number of amides is 1. The normalized spacial score (nSPS) is 11.1. The maximum atomic E-state index is 12.4. The van der Waals surface area contributed by atoms with Crippen LogP contribution in [0.4, 0.5) is 5.69 Å². The van der Waals surface area contributed by atoms with Crippen molar-refractivity contribution >= 4 is 40.4 Å². The molecule has 4 aromatic carbocycles. The van der Waals surface area contributed by atoms with Gasteiger partial charge in [-0.15, -0.1) is 0 Å². The Hall–Kier alpha value is -4.35. The number of nitrogens with zero attached hydrogens (tertiary/aromatic N) is 1. The maximum Gasteiger partial charge on any atom is 0.248 e. The summed E-state index contributed by atoms with van der Waals surface area (Å²) in [4.78, 5) is 17.0. The van der Waals surface area contributed by atoms with E-state index in [1.165, 1.54) is 6.08 Å². The number of fused-ring (bicyclic) bond motifs is 1. The van der Waals surface area contributed by atoms with Gasteiger partial charge in [0.15, 0.2) is 5.58 Å². The molecule has 1 amide bonds. The summed E-state index contributed by atoms with van der Waals surface area (Å²) in [5.41, 5.74) is 4.69. The number of anilines is 1. The van der Waals surface area contributed by atoms with Crippen molar-refractivity contribution in [3.05, 3.63) is 119 Å². The van der Waals surface area contributed by atoms with Crippen LogP contribution in [-0.2, 0) is 11.4 Å². The van der Waals surface area contributed by atoms with Crippen LogP contribution >= 0.6 is 11.6 Å². The average Bonchev–Trinajstić information content (AvgIpc) is 3.31. The Kier molecular flexibility index (Phi) is 6.59. The predicted octanol–water partition coefficient (Wildman–Crippen LogP) is 7.38. The van der Waals surface area contributed by atoms with Crippen molar-refractivity contribution < 1.29 is 13.9 Å². The Balaban J connectivity index is 1.20. The van der Waals surface area contributed by atoms with E-state index in [0.29, 0.717) is 34.3 Å². The van der Waals surface area contributed by atoms with Crippen LogP contribution in [0.1, 0.15) is 11.1 Å².